The highest BCUT2D eigenvalue weighted by molar-refractivity contribution is 5.90. The van der Waals surface area contributed by atoms with Gasteiger partial charge in [0.05, 0.1) is 36.3 Å². The van der Waals surface area contributed by atoms with Crippen molar-refractivity contribution in [2.45, 2.75) is 25.9 Å². The Hall–Kier alpha value is -3.82. The Kier molecular flexibility index (Phi) is 7.92. The predicted molar refractivity (Wildman–Crippen MR) is 131 cm³/mol. The molecule has 0 aliphatic carbocycles. The van der Waals surface area contributed by atoms with Gasteiger partial charge in [-0.25, -0.2) is 0 Å². The monoisotopic (exact) mass is 492 g/mol. The maximum absolute atomic E-state index is 13.0. The molecule has 10 nitrogen and oxygen atoms in total. The van der Waals surface area contributed by atoms with Crippen molar-refractivity contribution in [2.75, 3.05) is 40.3 Å². The van der Waals surface area contributed by atoms with E-state index in [9.17, 15) is 19.2 Å². The standard InChI is InChI=1S/C26H32N6O4/c1-29(25(35)19-13-23(33)31(15-19)17-21-7-3-5-9-27-21)11-12-30(2)26(36)20-14-24(34)32(16-20)18-22-8-4-6-10-28-22/h3-10,19-20H,11-18H2,1-2H3. The molecule has 10 heteroatoms. The van der Waals surface area contributed by atoms with Crippen LogP contribution in [0.4, 0.5) is 0 Å². The van der Waals surface area contributed by atoms with E-state index in [4.69, 9.17) is 0 Å². The first-order valence-corrected chi connectivity index (χ1v) is 12.2. The summed E-state index contributed by atoms with van der Waals surface area (Å²) in [5.41, 5.74) is 1.58. The number of nitrogens with zero attached hydrogens (tertiary/aromatic N) is 6. The number of carbonyl (C=O) groups excluding carboxylic acids is 4. The smallest absolute Gasteiger partial charge is 0.227 e. The topological polar surface area (TPSA) is 107 Å². The van der Waals surface area contributed by atoms with Crippen molar-refractivity contribution in [1.82, 2.24) is 29.6 Å². The molecular weight excluding hydrogens is 460 g/mol. The summed E-state index contributed by atoms with van der Waals surface area (Å²) in [5.74, 6) is -1.13. The Morgan fingerprint density at radius 3 is 1.56 bits per heavy atom. The van der Waals surface area contributed by atoms with E-state index in [2.05, 4.69) is 9.97 Å². The molecule has 0 aromatic carbocycles. The van der Waals surface area contributed by atoms with Gasteiger partial charge in [-0.3, -0.25) is 29.1 Å². The molecular formula is C26H32N6O4. The number of aromatic nitrogens is 2. The fourth-order valence-electron chi connectivity index (χ4n) is 4.70. The fraction of sp³-hybridized carbons (Fsp3) is 0.462. The van der Waals surface area contributed by atoms with Gasteiger partial charge in [0.2, 0.25) is 23.6 Å². The van der Waals surface area contributed by atoms with Crippen LogP contribution in [-0.4, -0.2) is 93.5 Å². The predicted octanol–water partition coefficient (Wildman–Crippen LogP) is 0.791. The van der Waals surface area contributed by atoms with Gasteiger partial charge in [-0.1, -0.05) is 12.1 Å². The first-order chi connectivity index (χ1) is 17.3. The van der Waals surface area contributed by atoms with E-state index in [0.717, 1.165) is 11.4 Å². The van der Waals surface area contributed by atoms with Crippen LogP contribution < -0.4 is 0 Å². The zero-order valence-corrected chi connectivity index (χ0v) is 20.7. The van der Waals surface area contributed by atoms with Gasteiger partial charge in [0.15, 0.2) is 0 Å². The normalized spacial score (nSPS) is 19.6. The van der Waals surface area contributed by atoms with Crippen LogP contribution in [0.1, 0.15) is 24.2 Å². The third-order valence-electron chi connectivity index (χ3n) is 6.81. The van der Waals surface area contributed by atoms with E-state index in [-0.39, 0.29) is 36.5 Å². The van der Waals surface area contributed by atoms with Gasteiger partial charge in [0, 0.05) is 65.5 Å². The van der Waals surface area contributed by atoms with E-state index in [1.54, 1.807) is 46.1 Å². The second kappa shape index (κ2) is 11.3. The van der Waals surface area contributed by atoms with Crippen molar-refractivity contribution in [3.8, 4) is 0 Å². The highest BCUT2D eigenvalue weighted by Gasteiger charge is 2.37. The summed E-state index contributed by atoms with van der Waals surface area (Å²) in [5, 5.41) is 0. The summed E-state index contributed by atoms with van der Waals surface area (Å²) in [6, 6.07) is 11.1. The number of pyridine rings is 2. The molecule has 36 heavy (non-hydrogen) atoms. The molecule has 190 valence electrons. The molecule has 2 saturated heterocycles. The molecule has 0 N–H and O–H groups in total. The van der Waals surface area contributed by atoms with Gasteiger partial charge in [0.25, 0.3) is 0 Å². The van der Waals surface area contributed by atoms with Crippen LogP contribution in [0, 0.1) is 11.8 Å². The molecule has 0 radical (unpaired) electrons. The summed E-state index contributed by atoms with van der Waals surface area (Å²) in [4.78, 5) is 65.8. The second-order valence-electron chi connectivity index (χ2n) is 9.51. The molecule has 2 atom stereocenters. The second-order valence-corrected chi connectivity index (χ2v) is 9.51. The van der Waals surface area contributed by atoms with Crippen LogP contribution >= 0.6 is 0 Å². The Labute approximate surface area is 210 Å². The number of likely N-dealkylation sites (tertiary alicyclic amines) is 2. The summed E-state index contributed by atoms with van der Waals surface area (Å²) >= 11 is 0. The molecule has 0 spiro atoms. The van der Waals surface area contributed by atoms with Crippen LogP contribution in [0.2, 0.25) is 0 Å². The minimum atomic E-state index is -0.403. The summed E-state index contributed by atoms with van der Waals surface area (Å²) < 4.78 is 0. The van der Waals surface area contributed by atoms with Gasteiger partial charge in [-0.2, -0.15) is 0 Å². The van der Waals surface area contributed by atoms with Crippen LogP contribution in [-0.2, 0) is 32.3 Å². The highest BCUT2D eigenvalue weighted by Crippen LogP contribution is 2.23. The van der Waals surface area contributed by atoms with Gasteiger partial charge in [-0.15, -0.1) is 0 Å². The molecule has 2 fully saturated rings. The first kappa shape index (κ1) is 25.3. The van der Waals surface area contributed by atoms with Crippen LogP contribution in [0.25, 0.3) is 0 Å². The minimum Gasteiger partial charge on any atom is -0.344 e. The number of hydrogen-bond acceptors (Lipinski definition) is 6. The van der Waals surface area contributed by atoms with E-state index < -0.39 is 11.8 Å². The van der Waals surface area contributed by atoms with Crippen molar-refractivity contribution in [3.05, 3.63) is 60.2 Å². The Bertz CT molecular complexity index is 1010. The number of rotatable bonds is 9. The molecule has 2 aromatic heterocycles. The quantitative estimate of drug-likeness (QED) is 0.512. The van der Waals surface area contributed by atoms with Gasteiger partial charge in [0.1, 0.15) is 0 Å². The summed E-state index contributed by atoms with van der Waals surface area (Å²) in [6.07, 6.45) is 3.73. The maximum atomic E-state index is 13.0. The van der Waals surface area contributed by atoms with E-state index >= 15 is 0 Å². The van der Waals surface area contributed by atoms with E-state index in [1.165, 1.54) is 0 Å². The molecule has 4 rings (SSSR count). The van der Waals surface area contributed by atoms with Crippen molar-refractivity contribution < 1.29 is 19.2 Å². The summed E-state index contributed by atoms with van der Waals surface area (Å²) in [6.45, 7) is 2.21. The maximum Gasteiger partial charge on any atom is 0.227 e. The van der Waals surface area contributed by atoms with Gasteiger partial charge < -0.3 is 19.6 Å². The summed E-state index contributed by atoms with van der Waals surface area (Å²) in [7, 11) is 3.39. The minimum absolute atomic E-state index is 0.0548. The van der Waals surface area contributed by atoms with Gasteiger partial charge >= 0.3 is 0 Å². The average Bonchev–Trinajstić information content (AvgIpc) is 3.44. The number of amides is 4. The van der Waals surface area contributed by atoms with Crippen molar-refractivity contribution in [2.24, 2.45) is 11.8 Å². The van der Waals surface area contributed by atoms with E-state index in [1.807, 2.05) is 36.4 Å². The van der Waals surface area contributed by atoms with Crippen LogP contribution in [0.15, 0.2) is 48.8 Å². The molecule has 0 bridgehead atoms. The third-order valence-corrected chi connectivity index (χ3v) is 6.81. The highest BCUT2D eigenvalue weighted by atomic mass is 16.2. The van der Waals surface area contributed by atoms with Crippen molar-refractivity contribution >= 4 is 23.6 Å². The third kappa shape index (κ3) is 6.05. The zero-order valence-electron chi connectivity index (χ0n) is 20.7. The molecule has 4 heterocycles. The van der Waals surface area contributed by atoms with Gasteiger partial charge in [-0.05, 0) is 24.3 Å². The molecule has 0 saturated carbocycles. The SMILES string of the molecule is CN(CCN(C)C(=O)C1CC(=O)N(Cc2ccccn2)C1)C(=O)C1CC(=O)N(Cc2ccccn2)C1. The average molecular weight is 493 g/mol. The number of carbonyl (C=O) groups is 4. The first-order valence-electron chi connectivity index (χ1n) is 12.2. The van der Waals surface area contributed by atoms with Crippen molar-refractivity contribution in [1.29, 1.82) is 0 Å². The van der Waals surface area contributed by atoms with Crippen molar-refractivity contribution in [3.63, 3.8) is 0 Å². The molecule has 2 aromatic rings. The molecule has 2 unspecified atom stereocenters. The molecule has 2 aliphatic rings. The lowest BCUT2D eigenvalue weighted by Gasteiger charge is -2.26. The Balaban J connectivity index is 1.23. The lowest BCUT2D eigenvalue weighted by Crippen LogP contribution is -2.42. The fourth-order valence-corrected chi connectivity index (χ4v) is 4.70. The Morgan fingerprint density at radius 1 is 0.778 bits per heavy atom. The lowest BCUT2D eigenvalue weighted by molar-refractivity contribution is -0.137. The zero-order chi connectivity index (χ0) is 25.7. The van der Waals surface area contributed by atoms with Crippen LogP contribution in [0.3, 0.4) is 0 Å². The van der Waals surface area contributed by atoms with E-state index in [0.29, 0.717) is 39.3 Å². The largest absolute Gasteiger partial charge is 0.344 e. The number of hydrogen-bond donors (Lipinski definition) is 0. The Morgan fingerprint density at radius 2 is 1.19 bits per heavy atom. The number of likely N-dealkylation sites (N-methyl/N-ethyl adjacent to an activating group) is 2. The van der Waals surface area contributed by atoms with Crippen LogP contribution in [0.5, 0.6) is 0 Å². The molecule has 2 aliphatic heterocycles. The lowest BCUT2D eigenvalue weighted by atomic mass is 10.1. The molecule has 4 amide bonds.